The van der Waals surface area contributed by atoms with Gasteiger partial charge in [-0.1, -0.05) is 94.3 Å². The minimum Gasteiger partial charge on any atom is -0.493 e. The lowest BCUT2D eigenvalue weighted by Gasteiger charge is -2.32. The van der Waals surface area contributed by atoms with Crippen molar-refractivity contribution in [1.82, 2.24) is 20.9 Å². The molecule has 5 rings (SSSR count). The number of hydrogen-bond acceptors (Lipinski definition) is 12. The predicted octanol–water partition coefficient (Wildman–Crippen LogP) is 10.9. The van der Waals surface area contributed by atoms with E-state index in [1.807, 2.05) is 25.1 Å². The van der Waals surface area contributed by atoms with Gasteiger partial charge in [0.1, 0.15) is 41.4 Å². The summed E-state index contributed by atoms with van der Waals surface area (Å²) in [6.45, 7) is 17.1. The zero-order valence-electron chi connectivity index (χ0n) is 47.6. The molecule has 0 fully saturated rings. The molecular weight excluding hydrogens is 993 g/mol. The number of carbonyl (C=O) groups is 7. The van der Waals surface area contributed by atoms with Crippen molar-refractivity contribution in [3.8, 4) is 33.8 Å². The van der Waals surface area contributed by atoms with Gasteiger partial charge in [-0.25, -0.2) is 14.4 Å². The third-order valence-corrected chi connectivity index (χ3v) is 13.1. The highest BCUT2D eigenvalue weighted by Gasteiger charge is 2.36. The molecule has 4 amide bonds. The number of nitrogens with zero attached hydrogens (tertiary/aromatic N) is 1. The summed E-state index contributed by atoms with van der Waals surface area (Å²) in [5, 5.41) is 8.27. The third kappa shape index (κ3) is 18.8. The number of amides is 4. The highest BCUT2D eigenvalue weighted by Crippen LogP contribution is 2.41. The Bertz CT molecular complexity index is 2690. The van der Waals surface area contributed by atoms with Crippen molar-refractivity contribution in [1.29, 1.82) is 0 Å². The molecule has 0 radical (unpaired) electrons. The molecule has 422 valence electrons. The zero-order valence-corrected chi connectivity index (χ0v) is 47.6. The minimum absolute atomic E-state index is 0.0296. The van der Waals surface area contributed by atoms with Crippen LogP contribution in [0.3, 0.4) is 0 Å². The van der Waals surface area contributed by atoms with E-state index in [0.717, 1.165) is 30.4 Å². The maximum absolute atomic E-state index is 15.3. The average Bonchev–Trinajstić information content (AvgIpc) is 3.39. The van der Waals surface area contributed by atoms with E-state index in [0.29, 0.717) is 65.2 Å². The van der Waals surface area contributed by atoms with Crippen molar-refractivity contribution in [2.75, 3.05) is 40.5 Å². The molecule has 0 saturated heterocycles. The average molecular weight is 1080 g/mol. The van der Waals surface area contributed by atoms with Crippen molar-refractivity contribution in [3.05, 3.63) is 107 Å². The normalized spacial score (nSPS) is 16.1. The second-order valence-corrected chi connectivity index (χ2v) is 22.0. The summed E-state index contributed by atoms with van der Waals surface area (Å²) >= 11 is 0. The van der Waals surface area contributed by atoms with Crippen LogP contribution in [0.4, 0.5) is 9.59 Å². The highest BCUT2D eigenvalue weighted by atomic mass is 16.6. The Balaban J connectivity index is 1.55. The zero-order chi connectivity index (χ0) is 57.2. The van der Waals surface area contributed by atoms with Crippen LogP contribution in [-0.4, -0.2) is 104 Å². The summed E-state index contributed by atoms with van der Waals surface area (Å²) in [5.41, 5.74) is 4.33. The fourth-order valence-electron chi connectivity index (χ4n) is 9.13. The summed E-state index contributed by atoms with van der Waals surface area (Å²) in [6, 6.07) is 23.9. The van der Waals surface area contributed by atoms with Gasteiger partial charge in [0, 0.05) is 61.4 Å². The van der Waals surface area contributed by atoms with Gasteiger partial charge in [0.15, 0.2) is 11.6 Å². The molecule has 3 N–H and O–H groups in total. The monoisotopic (exact) mass is 1070 g/mol. The Hall–Kier alpha value is -7.23. The first-order chi connectivity index (χ1) is 37.0. The lowest BCUT2D eigenvalue weighted by molar-refractivity contribution is -0.146. The molecule has 0 spiro atoms. The molecule has 0 aromatic heterocycles. The number of aryl methyl sites for hydroxylation is 1. The van der Waals surface area contributed by atoms with E-state index >= 15 is 9.59 Å². The van der Waals surface area contributed by atoms with E-state index in [1.54, 1.807) is 90.9 Å². The van der Waals surface area contributed by atoms with Gasteiger partial charge in [0.05, 0.1) is 20.3 Å². The standard InChI is InChI=1S/C62H82N4O12/c1-12-14-17-41-19-22-43(23-20-41)44-24-26-45(27-25-44)51(67)39-47(18-15-16-31-63-59(72)77-61(4,5)6)57(70)66(10)55-46-28-30-54(75-33-13-2)49(38-46)48-36-42(21-29-53(48)76-34-32-64-60(73)78-62(7,8)9)37-50(58(71)74-11)65-56(69)40(3)35-52(55)68/h19-30,36,38,40,47,50,55H,12-18,31-35,37,39H2,1-11H3,(H,63,72)(H,64,73)(H,65,69)/t40-,47-,50+,55+/m1/s1. The van der Waals surface area contributed by atoms with Gasteiger partial charge < -0.3 is 44.5 Å². The number of carbonyl (C=O) groups excluding carboxylic acids is 7. The number of nitrogens with one attached hydrogen (secondary N) is 3. The number of methoxy groups -OCH3 is 1. The molecule has 16 nitrogen and oxygen atoms in total. The van der Waals surface area contributed by atoms with E-state index in [-0.39, 0.29) is 51.2 Å². The second-order valence-electron chi connectivity index (χ2n) is 22.0. The lowest BCUT2D eigenvalue weighted by Crippen LogP contribution is -2.46. The number of ketones is 2. The number of likely N-dealkylation sites (N-methyl/N-ethyl adjacent to an activating group) is 1. The molecule has 1 aliphatic heterocycles. The first-order valence-electron chi connectivity index (χ1n) is 27.4. The van der Waals surface area contributed by atoms with Crippen LogP contribution in [-0.2, 0) is 46.2 Å². The summed E-state index contributed by atoms with van der Waals surface area (Å²) in [7, 11) is 2.76. The Morgan fingerprint density at radius 2 is 1.29 bits per heavy atom. The van der Waals surface area contributed by atoms with Crippen LogP contribution < -0.4 is 25.4 Å². The quantitative estimate of drug-likeness (QED) is 0.0291. The Kier molecular flexibility index (Phi) is 22.9. The number of alkyl carbamates (subject to hydrolysis) is 2. The summed E-state index contributed by atoms with van der Waals surface area (Å²) < 4.78 is 28.6. The first kappa shape index (κ1) is 61.6. The molecular formula is C62H82N4O12. The van der Waals surface area contributed by atoms with Crippen LogP contribution in [0.15, 0.2) is 84.9 Å². The Labute approximate surface area is 461 Å². The molecule has 1 aliphatic rings. The van der Waals surface area contributed by atoms with Gasteiger partial charge in [0.25, 0.3) is 0 Å². The van der Waals surface area contributed by atoms with E-state index in [2.05, 4.69) is 47.1 Å². The van der Waals surface area contributed by atoms with Gasteiger partial charge in [-0.05, 0) is 126 Å². The van der Waals surface area contributed by atoms with Crippen molar-refractivity contribution >= 4 is 41.5 Å². The van der Waals surface area contributed by atoms with Gasteiger partial charge in [-0.15, -0.1) is 0 Å². The second kappa shape index (κ2) is 28.9. The number of ether oxygens (including phenoxy) is 5. The highest BCUT2D eigenvalue weighted by molar-refractivity contribution is 6.00. The molecule has 1 heterocycles. The number of rotatable bonds is 22. The Morgan fingerprint density at radius 3 is 1.90 bits per heavy atom. The van der Waals surface area contributed by atoms with Crippen molar-refractivity contribution in [2.24, 2.45) is 11.8 Å². The van der Waals surface area contributed by atoms with Crippen LogP contribution in [0.2, 0.25) is 0 Å². The molecule has 4 bridgehead atoms. The summed E-state index contributed by atoms with van der Waals surface area (Å²) in [5.74, 6) is -3.47. The smallest absolute Gasteiger partial charge is 0.407 e. The van der Waals surface area contributed by atoms with Crippen LogP contribution in [0.25, 0.3) is 22.3 Å². The molecule has 4 aromatic rings. The van der Waals surface area contributed by atoms with E-state index in [4.69, 9.17) is 23.7 Å². The maximum atomic E-state index is 15.3. The lowest BCUT2D eigenvalue weighted by atomic mass is 9.88. The largest absolute Gasteiger partial charge is 0.493 e. The first-order valence-corrected chi connectivity index (χ1v) is 27.4. The number of unbranched alkanes of at least 4 members (excludes halogenated alkanes) is 2. The number of hydrogen-bond donors (Lipinski definition) is 3. The number of fused-ring (bicyclic) bond motifs is 5. The van der Waals surface area contributed by atoms with Crippen molar-refractivity contribution < 1.29 is 57.2 Å². The van der Waals surface area contributed by atoms with Crippen molar-refractivity contribution in [2.45, 2.75) is 150 Å². The van der Waals surface area contributed by atoms with Gasteiger partial charge in [-0.3, -0.25) is 19.2 Å². The molecule has 4 atom stereocenters. The third-order valence-electron chi connectivity index (χ3n) is 13.1. The molecule has 16 heteroatoms. The fraction of sp³-hybridized carbons (Fsp3) is 0.500. The van der Waals surface area contributed by atoms with Gasteiger partial charge in [-0.2, -0.15) is 0 Å². The topological polar surface area (TPSA) is 205 Å². The van der Waals surface area contributed by atoms with Gasteiger partial charge in [0.2, 0.25) is 11.8 Å². The fourth-order valence-corrected chi connectivity index (χ4v) is 9.13. The van der Waals surface area contributed by atoms with Crippen LogP contribution in [0.5, 0.6) is 11.5 Å². The maximum Gasteiger partial charge on any atom is 0.407 e. The van der Waals surface area contributed by atoms with Crippen LogP contribution in [0, 0.1) is 11.8 Å². The van der Waals surface area contributed by atoms with Crippen molar-refractivity contribution in [3.63, 3.8) is 0 Å². The van der Waals surface area contributed by atoms with Crippen LogP contribution in [0.1, 0.15) is 147 Å². The SMILES string of the molecule is CCCCc1ccc(-c2ccc(C(=O)C[C@@H](CCCCNC(=O)OC(C)(C)C)C(=O)N(C)[C@@H]3C(=O)C[C@@H](C)C(=O)N[C@H](C(=O)OC)Cc4ccc(OCCNC(=O)OC(C)(C)C)c(c4)-c4cc3ccc4OCCC)cc2)cc1. The summed E-state index contributed by atoms with van der Waals surface area (Å²) in [6.07, 6.45) is 3.43. The number of benzene rings is 4. The van der Waals surface area contributed by atoms with Gasteiger partial charge >= 0.3 is 18.2 Å². The van der Waals surface area contributed by atoms with E-state index < -0.39 is 70.9 Å². The van der Waals surface area contributed by atoms with E-state index in [1.165, 1.54) is 24.6 Å². The summed E-state index contributed by atoms with van der Waals surface area (Å²) in [4.78, 5) is 98.2. The molecule has 0 aliphatic carbocycles. The predicted molar refractivity (Wildman–Crippen MR) is 300 cm³/mol. The molecule has 4 aromatic carbocycles. The minimum atomic E-state index is -1.27. The van der Waals surface area contributed by atoms with Crippen LogP contribution >= 0.6 is 0 Å². The molecule has 0 unspecified atom stereocenters. The number of Topliss-reactive ketones (excluding diaryl/α,β-unsaturated/α-hetero) is 2. The molecule has 78 heavy (non-hydrogen) atoms. The molecule has 0 saturated carbocycles. The number of esters is 1. The Morgan fingerprint density at radius 1 is 0.705 bits per heavy atom. The van der Waals surface area contributed by atoms with E-state index in [9.17, 15) is 24.0 Å².